The van der Waals surface area contributed by atoms with E-state index in [4.69, 9.17) is 11.6 Å². The number of benzene rings is 1. The summed E-state index contributed by atoms with van der Waals surface area (Å²) in [6.45, 7) is 4.61. The molecule has 4 nitrogen and oxygen atoms in total. The Bertz CT molecular complexity index is 574. The molecule has 0 bridgehead atoms. The van der Waals surface area contributed by atoms with Gasteiger partial charge in [0.15, 0.2) is 0 Å². The van der Waals surface area contributed by atoms with E-state index in [2.05, 4.69) is 4.72 Å². The van der Waals surface area contributed by atoms with Crippen molar-refractivity contribution < 1.29 is 8.42 Å². The Morgan fingerprint density at radius 2 is 2.10 bits per heavy atom. The van der Waals surface area contributed by atoms with Gasteiger partial charge in [0.05, 0.1) is 0 Å². The number of halogens is 1. The van der Waals surface area contributed by atoms with E-state index in [0.29, 0.717) is 18.1 Å². The molecular weight excluding hydrogens is 316 g/mol. The highest BCUT2D eigenvalue weighted by Crippen LogP contribution is 2.37. The van der Waals surface area contributed by atoms with E-state index >= 15 is 0 Å². The van der Waals surface area contributed by atoms with Gasteiger partial charge in [-0.05, 0) is 35.9 Å². The molecule has 1 aliphatic rings. The summed E-state index contributed by atoms with van der Waals surface area (Å²) in [5.74, 6) is 0.903. The van der Waals surface area contributed by atoms with Gasteiger partial charge in [-0.25, -0.2) is 0 Å². The quantitative estimate of drug-likeness (QED) is 0.900. The first-order chi connectivity index (χ1) is 9.47. The van der Waals surface area contributed by atoms with Gasteiger partial charge in [-0.15, -0.1) is 11.8 Å². The fraction of sp³-hybridized carbons (Fsp3) is 0.538. The lowest BCUT2D eigenvalue weighted by Crippen LogP contribution is -2.42. The van der Waals surface area contributed by atoms with Crippen LogP contribution >= 0.6 is 23.4 Å². The molecule has 0 spiro atoms. The first kappa shape index (κ1) is 16.1. The maximum Gasteiger partial charge on any atom is 0.279 e. The van der Waals surface area contributed by atoms with Crippen LogP contribution in [0.1, 0.15) is 31.9 Å². The molecule has 1 heterocycles. The van der Waals surface area contributed by atoms with E-state index in [1.807, 2.05) is 32.0 Å². The van der Waals surface area contributed by atoms with Crippen LogP contribution in [-0.2, 0) is 10.2 Å². The summed E-state index contributed by atoms with van der Waals surface area (Å²) in [6, 6.07) is 5.46. The number of fused-ring (bicyclic) bond motifs is 1. The van der Waals surface area contributed by atoms with Crippen LogP contribution in [0.25, 0.3) is 0 Å². The van der Waals surface area contributed by atoms with Crippen molar-refractivity contribution in [1.82, 2.24) is 9.03 Å². The lowest BCUT2D eigenvalue weighted by atomic mass is 10.1. The molecule has 0 radical (unpaired) electrons. The van der Waals surface area contributed by atoms with Gasteiger partial charge in [0, 0.05) is 29.0 Å². The molecule has 0 amide bonds. The van der Waals surface area contributed by atoms with E-state index in [1.165, 1.54) is 4.31 Å². The van der Waals surface area contributed by atoms with E-state index in [1.54, 1.807) is 11.8 Å². The molecule has 1 unspecified atom stereocenters. The first-order valence-electron chi connectivity index (χ1n) is 6.67. The predicted molar refractivity (Wildman–Crippen MR) is 84.5 cm³/mol. The van der Waals surface area contributed by atoms with Crippen molar-refractivity contribution in [1.29, 1.82) is 0 Å². The summed E-state index contributed by atoms with van der Waals surface area (Å²) in [7, 11) is -3.45. The molecule has 112 valence electrons. The molecule has 0 aliphatic carbocycles. The largest absolute Gasteiger partial charge is 0.279 e. The Morgan fingerprint density at radius 1 is 1.40 bits per heavy atom. The summed E-state index contributed by atoms with van der Waals surface area (Å²) in [4.78, 5) is 1.10. The van der Waals surface area contributed by atoms with Gasteiger partial charge >= 0.3 is 0 Å². The zero-order valence-electron chi connectivity index (χ0n) is 11.6. The van der Waals surface area contributed by atoms with Crippen molar-refractivity contribution in [2.75, 3.05) is 18.8 Å². The number of hydrogen-bond donors (Lipinski definition) is 1. The molecule has 1 N–H and O–H groups in total. The zero-order valence-corrected chi connectivity index (χ0v) is 14.0. The maximum atomic E-state index is 12.3. The third-order valence-corrected chi connectivity index (χ3v) is 6.48. The third kappa shape index (κ3) is 3.49. The van der Waals surface area contributed by atoms with Gasteiger partial charge in [0.2, 0.25) is 0 Å². The van der Waals surface area contributed by atoms with Crippen LogP contribution < -0.4 is 4.72 Å². The summed E-state index contributed by atoms with van der Waals surface area (Å²) < 4.78 is 28.9. The normalized spacial score (nSPS) is 19.1. The van der Waals surface area contributed by atoms with Crippen molar-refractivity contribution in [3.05, 3.63) is 28.8 Å². The molecular formula is C13H19ClN2O2S2. The number of rotatable bonds is 5. The Kier molecular flexibility index (Phi) is 5.36. The molecule has 0 aromatic heterocycles. The third-order valence-electron chi connectivity index (χ3n) is 3.35. The number of nitrogens with zero attached hydrogens (tertiary/aromatic N) is 1. The van der Waals surface area contributed by atoms with Crippen LogP contribution in [0.4, 0.5) is 0 Å². The van der Waals surface area contributed by atoms with Crippen LogP contribution in [0.15, 0.2) is 23.1 Å². The molecule has 0 saturated heterocycles. The minimum atomic E-state index is -3.45. The molecule has 1 aromatic rings. The van der Waals surface area contributed by atoms with Crippen LogP contribution in [0, 0.1) is 0 Å². The van der Waals surface area contributed by atoms with E-state index in [0.717, 1.165) is 22.6 Å². The Balaban J connectivity index is 2.26. The highest BCUT2D eigenvalue weighted by atomic mass is 35.5. The Morgan fingerprint density at radius 3 is 2.75 bits per heavy atom. The lowest BCUT2D eigenvalue weighted by molar-refractivity contribution is 0.423. The lowest BCUT2D eigenvalue weighted by Gasteiger charge is -2.28. The molecule has 1 aliphatic heterocycles. The topological polar surface area (TPSA) is 49.4 Å². The molecule has 20 heavy (non-hydrogen) atoms. The second-order valence-electron chi connectivity index (χ2n) is 4.58. The van der Waals surface area contributed by atoms with Gasteiger partial charge < -0.3 is 0 Å². The minimum absolute atomic E-state index is 0.199. The predicted octanol–water partition coefficient (Wildman–Crippen LogP) is 3.05. The minimum Gasteiger partial charge on any atom is -0.195 e. The van der Waals surface area contributed by atoms with Gasteiger partial charge in [-0.1, -0.05) is 25.4 Å². The number of nitrogens with one attached hydrogen (secondary N) is 1. The molecule has 0 saturated carbocycles. The molecule has 2 rings (SSSR count). The van der Waals surface area contributed by atoms with E-state index < -0.39 is 10.2 Å². The van der Waals surface area contributed by atoms with Crippen LogP contribution in [0.2, 0.25) is 5.02 Å². The van der Waals surface area contributed by atoms with Gasteiger partial charge in [0.1, 0.15) is 0 Å². The average molecular weight is 335 g/mol. The molecule has 0 fully saturated rings. The monoisotopic (exact) mass is 334 g/mol. The fourth-order valence-corrected chi connectivity index (χ4v) is 5.02. The van der Waals surface area contributed by atoms with Gasteiger partial charge in [-0.2, -0.15) is 17.4 Å². The van der Waals surface area contributed by atoms with Crippen molar-refractivity contribution in [3.8, 4) is 0 Å². The first-order valence-corrected chi connectivity index (χ1v) is 9.48. The standard InChI is InChI=1S/C13H19ClN2O2S2/c1-3-16(4-2)20(17,18)15-12-7-8-19-13-6-5-10(14)9-11(12)13/h5-6,9,12,15H,3-4,7-8H2,1-2H3. The zero-order chi connectivity index (χ0) is 14.8. The molecule has 7 heteroatoms. The van der Waals surface area contributed by atoms with Crippen molar-refractivity contribution in [2.45, 2.75) is 31.2 Å². The molecule has 1 atom stereocenters. The summed E-state index contributed by atoms with van der Waals surface area (Å²) in [5, 5.41) is 0.637. The fourth-order valence-electron chi connectivity index (χ4n) is 2.31. The maximum absolute atomic E-state index is 12.3. The summed E-state index contributed by atoms with van der Waals surface area (Å²) >= 11 is 7.77. The summed E-state index contributed by atoms with van der Waals surface area (Å²) in [6.07, 6.45) is 0.776. The average Bonchev–Trinajstić information content (AvgIpc) is 2.40. The van der Waals surface area contributed by atoms with Crippen LogP contribution in [0.3, 0.4) is 0 Å². The van der Waals surface area contributed by atoms with E-state index in [9.17, 15) is 8.42 Å². The number of thioether (sulfide) groups is 1. The van der Waals surface area contributed by atoms with Crippen LogP contribution in [0.5, 0.6) is 0 Å². The Labute approximate surface area is 130 Å². The van der Waals surface area contributed by atoms with Gasteiger partial charge in [-0.3, -0.25) is 0 Å². The highest BCUT2D eigenvalue weighted by molar-refractivity contribution is 7.99. The Hall–Kier alpha value is -0.270. The number of hydrogen-bond acceptors (Lipinski definition) is 3. The van der Waals surface area contributed by atoms with Gasteiger partial charge in [0.25, 0.3) is 10.2 Å². The van der Waals surface area contributed by atoms with Crippen molar-refractivity contribution in [3.63, 3.8) is 0 Å². The van der Waals surface area contributed by atoms with Crippen molar-refractivity contribution >= 4 is 33.6 Å². The summed E-state index contributed by atoms with van der Waals surface area (Å²) in [5.41, 5.74) is 0.976. The van der Waals surface area contributed by atoms with Crippen LogP contribution in [-0.4, -0.2) is 31.6 Å². The molecule has 1 aromatic carbocycles. The second-order valence-corrected chi connectivity index (χ2v) is 7.85. The van der Waals surface area contributed by atoms with Crippen molar-refractivity contribution in [2.24, 2.45) is 0 Å². The van der Waals surface area contributed by atoms with E-state index in [-0.39, 0.29) is 6.04 Å². The highest BCUT2D eigenvalue weighted by Gasteiger charge is 2.28. The second kappa shape index (κ2) is 6.66. The SMILES string of the molecule is CCN(CC)S(=O)(=O)NC1CCSc2ccc(Cl)cc21. The smallest absolute Gasteiger partial charge is 0.195 e.